The van der Waals surface area contributed by atoms with E-state index in [0.717, 1.165) is 101 Å². The van der Waals surface area contributed by atoms with E-state index < -0.39 is 35.3 Å². The number of aliphatic hydroxyl groups excluding tert-OH is 4. The van der Waals surface area contributed by atoms with Crippen molar-refractivity contribution in [3.8, 4) is 0 Å². The van der Waals surface area contributed by atoms with Crippen molar-refractivity contribution < 1.29 is 34.8 Å². The highest BCUT2D eigenvalue weighted by Crippen LogP contribution is 2.14. The molecule has 11 heteroatoms. The van der Waals surface area contributed by atoms with Gasteiger partial charge in [-0.05, 0) is 103 Å². The van der Waals surface area contributed by atoms with E-state index in [-0.39, 0.29) is 18.0 Å². The van der Waals surface area contributed by atoms with Gasteiger partial charge in [0.05, 0.1) is 24.4 Å². The van der Waals surface area contributed by atoms with Gasteiger partial charge in [-0.1, -0.05) is 197 Å². The minimum atomic E-state index is -0.670. The van der Waals surface area contributed by atoms with Crippen LogP contribution in [0.15, 0.2) is 146 Å². The van der Waals surface area contributed by atoms with Crippen LogP contribution in [0.3, 0.4) is 0 Å². The molecule has 0 spiro atoms. The lowest BCUT2D eigenvalue weighted by molar-refractivity contribution is -0.132. The predicted octanol–water partition coefficient (Wildman–Crippen LogP) is 12.9. The molecule has 0 saturated heterocycles. The van der Waals surface area contributed by atoms with Gasteiger partial charge in [0.25, 0.3) is 5.12 Å². The van der Waals surface area contributed by atoms with Crippen molar-refractivity contribution in [2.24, 2.45) is 0 Å². The molecule has 0 aliphatic heterocycles. The Labute approximate surface area is 446 Å². The number of hydrogen-bond donors (Lipinski definition) is 4. The van der Waals surface area contributed by atoms with Gasteiger partial charge >= 0.3 is 0 Å². The van der Waals surface area contributed by atoms with Gasteiger partial charge in [-0.25, -0.2) is 0 Å². The zero-order valence-electron chi connectivity index (χ0n) is 44.8. The molecule has 0 rings (SSSR count). The third kappa shape index (κ3) is 47.4. The summed E-state index contributed by atoms with van der Waals surface area (Å²) in [6.45, 7) is 10.6. The summed E-state index contributed by atoms with van der Waals surface area (Å²) in [5.74, 6) is 0.105. The molecule has 0 fully saturated rings. The Kier molecular flexibility index (Phi) is 49.6. The molecule has 0 aromatic heterocycles. The van der Waals surface area contributed by atoms with Gasteiger partial charge in [-0.3, -0.25) is 24.2 Å². The van der Waals surface area contributed by atoms with Crippen LogP contribution >= 0.6 is 23.5 Å². The van der Waals surface area contributed by atoms with Crippen molar-refractivity contribution in [1.29, 1.82) is 0 Å². The monoisotopic (exact) mass is 1030 g/mol. The van der Waals surface area contributed by atoms with Crippen LogP contribution in [0.1, 0.15) is 143 Å². The lowest BCUT2D eigenvalue weighted by atomic mass is 10.1. The molecule has 0 aromatic rings. The average Bonchev–Trinajstić information content (AvgIpc) is 3.35. The fraction of sp³-hybridized carbons (Fsp3) is 0.557. The molecule has 404 valence electrons. The zero-order valence-corrected chi connectivity index (χ0v) is 46.4. The highest BCUT2D eigenvalue weighted by atomic mass is 32.2. The Balaban J connectivity index is 5.27. The number of hydrogen-bond acceptors (Lipinski definition) is 11. The summed E-state index contributed by atoms with van der Waals surface area (Å²) in [4.78, 5) is 42.6. The summed E-state index contributed by atoms with van der Waals surface area (Å²) in [5.41, 5.74) is 0. The average molecular weight is 1030 g/mol. The first kappa shape index (κ1) is 68.4. The summed E-state index contributed by atoms with van der Waals surface area (Å²) in [7, 11) is 0. The fourth-order valence-electron chi connectivity index (χ4n) is 6.88. The van der Waals surface area contributed by atoms with E-state index in [1.807, 2.05) is 58.4 Å². The van der Waals surface area contributed by atoms with Crippen LogP contribution in [0.25, 0.3) is 0 Å². The maximum absolute atomic E-state index is 12.9. The van der Waals surface area contributed by atoms with Crippen LogP contribution < -0.4 is 0 Å². The number of carbonyl (C=O) groups is 3. The molecular weight excluding hydrogens is 937 g/mol. The number of allylic oxidation sites excluding steroid dienone is 20. The Bertz CT molecular complexity index is 1630. The van der Waals surface area contributed by atoms with Gasteiger partial charge in [-0.2, -0.15) is 0 Å². The number of aliphatic hydroxyl groups is 4. The molecular formula is C61H96N2O7S2. The first-order chi connectivity index (χ1) is 35.1. The summed E-state index contributed by atoms with van der Waals surface area (Å²) in [6.07, 6.45) is 59.9. The number of thioether (sulfide) groups is 2. The summed E-state index contributed by atoms with van der Waals surface area (Å²) >= 11 is 2.00. The normalized spacial score (nSPS) is 14.9. The van der Waals surface area contributed by atoms with Gasteiger partial charge in [0, 0.05) is 63.6 Å². The van der Waals surface area contributed by atoms with Gasteiger partial charge < -0.3 is 20.4 Å². The molecule has 0 saturated carbocycles. The standard InChI is InChI=1S/C61H96N2O7S2/c1-5-9-13-17-21-25-29-33-37-41-55(64)51-62(52-56(65)42-38-34-30-26-22-18-14-10-6-2)47-49-71-60(69)46-45-59(68)61(70)72-50-48-63(53-57(66)43-39-35-31-27-23-19-15-11-7-3)54-58(67)44-40-36-32-28-24-20-16-12-8-4/h9-16,21-28,33-40,55-58,64-67H,5-8,17-20,29-32,41-54H2,1-4H3/b13-9-,14-10-,15-11-,16-12-,25-21-,26-22-,27-23-,28-24-,37-33-,38-34-,39-35-,40-36-. The molecule has 72 heavy (non-hydrogen) atoms. The maximum Gasteiger partial charge on any atom is 0.255 e. The smallest absolute Gasteiger partial charge is 0.255 e. The van der Waals surface area contributed by atoms with Crippen molar-refractivity contribution in [2.45, 2.75) is 168 Å². The second kappa shape index (κ2) is 52.2. The SMILES string of the molecule is CC/C=C\C/C=C\C/C=C\CC(O)CN(CCSC(=O)CCC(=O)C(=O)SCCN(CC(O)C/C=C\C/C=C\C/C=C\CC)CC(O)C/C=C\C/C=C\C/C=C\CC)CC(O)C/C=C\C/C=C\C/C=C\CC. The van der Waals surface area contributed by atoms with Crippen molar-refractivity contribution >= 4 is 39.5 Å². The third-order valence-corrected chi connectivity index (χ3v) is 12.5. The summed E-state index contributed by atoms with van der Waals surface area (Å²) in [5, 5.41) is 42.8. The maximum atomic E-state index is 12.9. The molecule has 0 radical (unpaired) electrons. The highest BCUT2D eigenvalue weighted by Gasteiger charge is 2.20. The van der Waals surface area contributed by atoms with Gasteiger partial charge in [0.15, 0.2) is 5.12 Å². The Morgan fingerprint density at radius 1 is 0.361 bits per heavy atom. The molecule has 4 N–H and O–H groups in total. The van der Waals surface area contributed by atoms with Crippen LogP contribution in [0.2, 0.25) is 0 Å². The van der Waals surface area contributed by atoms with E-state index in [4.69, 9.17) is 0 Å². The van der Waals surface area contributed by atoms with E-state index in [1.165, 1.54) is 0 Å². The second-order valence-corrected chi connectivity index (χ2v) is 19.8. The van der Waals surface area contributed by atoms with E-state index in [1.54, 1.807) is 0 Å². The van der Waals surface area contributed by atoms with Crippen molar-refractivity contribution in [3.63, 3.8) is 0 Å². The Morgan fingerprint density at radius 2 is 0.611 bits per heavy atom. The van der Waals surface area contributed by atoms with Crippen molar-refractivity contribution in [2.75, 3.05) is 50.8 Å². The fourth-order valence-corrected chi connectivity index (χ4v) is 8.50. The quantitative estimate of drug-likeness (QED) is 0.0342. The van der Waals surface area contributed by atoms with Crippen LogP contribution in [-0.4, -0.2) is 121 Å². The van der Waals surface area contributed by atoms with Gasteiger partial charge in [0.2, 0.25) is 5.78 Å². The molecule has 9 nitrogen and oxygen atoms in total. The van der Waals surface area contributed by atoms with E-state index in [0.29, 0.717) is 76.5 Å². The topological polar surface area (TPSA) is 139 Å². The number of rotatable bonds is 46. The molecule has 0 aliphatic rings. The van der Waals surface area contributed by atoms with Gasteiger partial charge in [0.1, 0.15) is 0 Å². The molecule has 0 bridgehead atoms. The van der Waals surface area contributed by atoms with E-state index in [2.05, 4.69) is 125 Å². The first-order valence-electron chi connectivity index (χ1n) is 26.9. The van der Waals surface area contributed by atoms with Crippen molar-refractivity contribution in [3.05, 3.63) is 146 Å². The van der Waals surface area contributed by atoms with Crippen molar-refractivity contribution in [1.82, 2.24) is 9.80 Å². The van der Waals surface area contributed by atoms with Crippen LogP contribution in [0.5, 0.6) is 0 Å². The Morgan fingerprint density at radius 3 is 0.889 bits per heavy atom. The number of ketones is 1. The minimum Gasteiger partial charge on any atom is -0.391 e. The third-order valence-electron chi connectivity index (χ3n) is 10.7. The van der Waals surface area contributed by atoms with Crippen LogP contribution in [0, 0.1) is 0 Å². The number of Topliss-reactive ketones (excluding diaryl/α,β-unsaturated/α-hetero) is 1. The molecule has 4 unspecified atom stereocenters. The largest absolute Gasteiger partial charge is 0.391 e. The first-order valence-corrected chi connectivity index (χ1v) is 28.8. The number of carbonyl (C=O) groups excluding carboxylic acids is 3. The lowest BCUT2D eigenvalue weighted by Crippen LogP contribution is -2.39. The molecule has 0 heterocycles. The Hall–Kier alpha value is -3.65. The number of nitrogens with zero attached hydrogens (tertiary/aromatic N) is 2. The van der Waals surface area contributed by atoms with Crippen LogP contribution in [-0.2, 0) is 14.4 Å². The molecule has 0 amide bonds. The van der Waals surface area contributed by atoms with E-state index in [9.17, 15) is 34.8 Å². The van der Waals surface area contributed by atoms with E-state index >= 15 is 0 Å². The molecule has 0 aromatic carbocycles. The summed E-state index contributed by atoms with van der Waals surface area (Å²) in [6, 6.07) is 0. The van der Waals surface area contributed by atoms with Gasteiger partial charge in [-0.15, -0.1) is 0 Å². The second-order valence-electron chi connectivity index (χ2n) is 17.5. The van der Waals surface area contributed by atoms with Crippen LogP contribution in [0.4, 0.5) is 0 Å². The molecule has 4 atom stereocenters. The predicted molar refractivity (Wildman–Crippen MR) is 312 cm³/mol. The zero-order chi connectivity index (χ0) is 53.0. The summed E-state index contributed by atoms with van der Waals surface area (Å²) < 4.78 is 0. The molecule has 0 aliphatic carbocycles. The minimum absolute atomic E-state index is 0.0632. The highest BCUT2D eigenvalue weighted by molar-refractivity contribution is 8.15. The lowest BCUT2D eigenvalue weighted by Gasteiger charge is -2.26.